The van der Waals surface area contributed by atoms with Crippen molar-refractivity contribution in [2.45, 2.75) is 32.1 Å². The fourth-order valence-electron chi connectivity index (χ4n) is 1.60. The van der Waals surface area contributed by atoms with E-state index in [1.54, 1.807) is 0 Å². The molecule has 0 aromatic carbocycles. The van der Waals surface area contributed by atoms with Crippen molar-refractivity contribution in [1.29, 1.82) is 0 Å². The van der Waals surface area contributed by atoms with Gasteiger partial charge in [0.25, 0.3) is 7.41 Å². The molecule has 0 amide bonds. The van der Waals surface area contributed by atoms with Crippen LogP contribution in [0.2, 0.25) is 0 Å². The van der Waals surface area contributed by atoms with Crippen LogP contribution in [0.4, 0.5) is 0 Å². The van der Waals surface area contributed by atoms with E-state index in [2.05, 4.69) is 4.81 Å². The summed E-state index contributed by atoms with van der Waals surface area (Å²) >= 11 is 0. The molecular weight excluding hydrogens is 137 g/mol. The molecular formula is C8H16BNO. The molecule has 62 valence electrons. The Labute approximate surface area is 69.2 Å². The average molecular weight is 153 g/mol. The predicted octanol–water partition coefficient (Wildman–Crippen LogP) is 0.794. The van der Waals surface area contributed by atoms with Gasteiger partial charge in [-0.1, -0.05) is 19.3 Å². The Morgan fingerprint density at radius 2 is 1.55 bits per heavy atom. The highest BCUT2D eigenvalue weighted by Gasteiger charge is 2.07. The van der Waals surface area contributed by atoms with Gasteiger partial charge in [0.1, 0.15) is 0 Å². The molecule has 0 bridgehead atoms. The first-order chi connectivity index (χ1) is 5.43. The van der Waals surface area contributed by atoms with Gasteiger partial charge in [-0.3, -0.25) is 0 Å². The first-order valence-electron chi connectivity index (χ1n) is 4.59. The zero-order chi connectivity index (χ0) is 7.94. The summed E-state index contributed by atoms with van der Waals surface area (Å²) in [5, 5.41) is 0. The molecule has 0 unspecified atom stereocenters. The van der Waals surface area contributed by atoms with E-state index in [9.17, 15) is 4.79 Å². The maximum atomic E-state index is 10.2. The lowest BCUT2D eigenvalue weighted by Crippen LogP contribution is -2.31. The summed E-state index contributed by atoms with van der Waals surface area (Å²) in [7, 11) is 0.639. The van der Waals surface area contributed by atoms with Crippen LogP contribution in [0.5, 0.6) is 0 Å². The highest BCUT2D eigenvalue weighted by molar-refractivity contribution is 6.64. The Hall–Kier alpha value is -0.305. The van der Waals surface area contributed by atoms with Crippen molar-refractivity contribution >= 4 is 13.6 Å². The summed E-state index contributed by atoms with van der Waals surface area (Å²) in [5.74, 6) is 0. The van der Waals surface area contributed by atoms with Crippen molar-refractivity contribution in [3.8, 4) is 0 Å². The van der Waals surface area contributed by atoms with Gasteiger partial charge < -0.3 is 9.61 Å². The van der Waals surface area contributed by atoms with Crippen LogP contribution in [0.1, 0.15) is 32.1 Å². The van der Waals surface area contributed by atoms with E-state index < -0.39 is 0 Å². The van der Waals surface area contributed by atoms with Crippen molar-refractivity contribution in [2.75, 3.05) is 13.1 Å². The minimum atomic E-state index is 0.639. The number of hydrogen-bond acceptors (Lipinski definition) is 2. The molecule has 0 spiro atoms. The van der Waals surface area contributed by atoms with Crippen LogP contribution in [0.3, 0.4) is 0 Å². The van der Waals surface area contributed by atoms with E-state index in [1.807, 2.05) is 0 Å². The molecule has 3 heteroatoms. The topological polar surface area (TPSA) is 20.3 Å². The smallest absolute Gasteiger partial charge is 0.281 e. The summed E-state index contributed by atoms with van der Waals surface area (Å²) in [6, 6.07) is 0. The highest BCUT2D eigenvalue weighted by Crippen LogP contribution is 2.08. The molecule has 1 aliphatic heterocycles. The Morgan fingerprint density at radius 1 is 1.00 bits per heavy atom. The minimum Gasteiger partial charge on any atom is -0.339 e. The van der Waals surface area contributed by atoms with Crippen LogP contribution in [-0.4, -0.2) is 31.5 Å². The number of carbonyl (C=O) groups is 1. The maximum absolute atomic E-state index is 10.2. The van der Waals surface area contributed by atoms with Crippen molar-refractivity contribution in [2.24, 2.45) is 0 Å². The lowest BCUT2D eigenvalue weighted by Gasteiger charge is -2.21. The number of rotatable bonds is 2. The van der Waals surface area contributed by atoms with E-state index in [4.69, 9.17) is 0 Å². The molecule has 11 heavy (non-hydrogen) atoms. The Balaban J connectivity index is 2.20. The van der Waals surface area contributed by atoms with Gasteiger partial charge in [0.2, 0.25) is 0 Å². The van der Waals surface area contributed by atoms with Gasteiger partial charge in [0.15, 0.2) is 0 Å². The molecule has 1 saturated heterocycles. The van der Waals surface area contributed by atoms with E-state index in [0.717, 1.165) is 19.3 Å². The molecule has 0 aromatic rings. The standard InChI is InChI=1S/C8H16BNO/c11-8-9-10-6-4-2-1-3-5-7-10/h8-9H,1-7H2. The van der Waals surface area contributed by atoms with Gasteiger partial charge in [-0.2, -0.15) is 0 Å². The van der Waals surface area contributed by atoms with Crippen LogP contribution < -0.4 is 0 Å². The zero-order valence-corrected chi connectivity index (χ0v) is 7.09. The largest absolute Gasteiger partial charge is 0.339 e. The first-order valence-corrected chi connectivity index (χ1v) is 4.59. The second kappa shape index (κ2) is 5.36. The van der Waals surface area contributed by atoms with Crippen LogP contribution in [0.15, 0.2) is 0 Å². The third-order valence-corrected chi connectivity index (χ3v) is 2.28. The summed E-state index contributed by atoms with van der Waals surface area (Å²) < 4.78 is 0. The lowest BCUT2D eigenvalue weighted by atomic mass is 9.92. The van der Waals surface area contributed by atoms with Crippen LogP contribution in [0.25, 0.3) is 0 Å². The van der Waals surface area contributed by atoms with E-state index in [1.165, 1.54) is 32.1 Å². The zero-order valence-electron chi connectivity index (χ0n) is 7.09. The average Bonchev–Trinajstić information content (AvgIpc) is 1.94. The summed E-state index contributed by atoms with van der Waals surface area (Å²) in [4.78, 5) is 12.5. The molecule has 1 fully saturated rings. The van der Waals surface area contributed by atoms with E-state index >= 15 is 0 Å². The SMILES string of the molecule is O=CBN1CCCCCCC1. The predicted molar refractivity (Wildman–Crippen MR) is 48.6 cm³/mol. The molecule has 0 atom stereocenters. The second-order valence-electron chi connectivity index (χ2n) is 3.24. The van der Waals surface area contributed by atoms with E-state index in [0.29, 0.717) is 7.41 Å². The fraction of sp³-hybridized carbons (Fsp3) is 0.875. The second-order valence-corrected chi connectivity index (χ2v) is 3.24. The number of nitrogens with zero attached hydrogens (tertiary/aromatic N) is 1. The third-order valence-electron chi connectivity index (χ3n) is 2.28. The molecule has 1 aliphatic rings. The Bertz CT molecular complexity index is 111. The third kappa shape index (κ3) is 3.56. The fourth-order valence-corrected chi connectivity index (χ4v) is 1.60. The molecule has 0 saturated carbocycles. The van der Waals surface area contributed by atoms with E-state index in [-0.39, 0.29) is 0 Å². The van der Waals surface area contributed by atoms with Gasteiger partial charge in [-0.05, 0) is 25.9 Å². The first kappa shape index (κ1) is 8.79. The summed E-state index contributed by atoms with van der Waals surface area (Å²) in [6.07, 6.45) is 7.63. The van der Waals surface area contributed by atoms with Crippen LogP contribution >= 0.6 is 0 Å². The van der Waals surface area contributed by atoms with Gasteiger partial charge in [-0.15, -0.1) is 0 Å². The highest BCUT2D eigenvalue weighted by atomic mass is 16.1. The van der Waals surface area contributed by atoms with Gasteiger partial charge in [0.05, 0.1) is 6.19 Å². The summed E-state index contributed by atoms with van der Waals surface area (Å²) in [6.45, 7) is 2.25. The molecule has 0 radical (unpaired) electrons. The van der Waals surface area contributed by atoms with Crippen molar-refractivity contribution in [1.82, 2.24) is 4.81 Å². The van der Waals surface area contributed by atoms with Gasteiger partial charge in [0, 0.05) is 0 Å². The van der Waals surface area contributed by atoms with Gasteiger partial charge in [-0.25, -0.2) is 0 Å². The summed E-state index contributed by atoms with van der Waals surface area (Å²) in [5.41, 5.74) is 0. The molecule has 0 N–H and O–H groups in total. The van der Waals surface area contributed by atoms with Crippen LogP contribution in [0, 0.1) is 0 Å². The van der Waals surface area contributed by atoms with Gasteiger partial charge >= 0.3 is 0 Å². The van der Waals surface area contributed by atoms with Crippen LogP contribution in [-0.2, 0) is 4.79 Å². The van der Waals surface area contributed by atoms with Crippen molar-refractivity contribution in [3.05, 3.63) is 0 Å². The van der Waals surface area contributed by atoms with Crippen molar-refractivity contribution in [3.63, 3.8) is 0 Å². The quantitative estimate of drug-likeness (QED) is 0.431. The maximum Gasteiger partial charge on any atom is 0.281 e. The molecule has 1 heterocycles. The molecule has 0 aromatic heterocycles. The normalized spacial score (nSPS) is 21.8. The molecule has 1 rings (SSSR count). The molecule has 0 aliphatic carbocycles. The lowest BCUT2D eigenvalue weighted by molar-refractivity contribution is 0.382. The Kier molecular flexibility index (Phi) is 4.28. The number of carbonyl (C=O) groups excluding carboxylic acids is 1. The Morgan fingerprint density at radius 3 is 2.09 bits per heavy atom. The monoisotopic (exact) mass is 153 g/mol. The van der Waals surface area contributed by atoms with Crippen molar-refractivity contribution < 1.29 is 4.79 Å². The number of hydrogen-bond donors (Lipinski definition) is 0. The molecule has 2 nitrogen and oxygen atoms in total. The minimum absolute atomic E-state index is 0.639.